The van der Waals surface area contributed by atoms with E-state index in [2.05, 4.69) is 25.5 Å². The number of aromatic nitrogens is 3. The molecule has 1 saturated carbocycles. The maximum Gasteiger partial charge on any atom is 0.269 e. The third kappa shape index (κ3) is 7.36. The van der Waals surface area contributed by atoms with Gasteiger partial charge < -0.3 is 9.88 Å². The zero-order valence-corrected chi connectivity index (χ0v) is 22.2. The Morgan fingerprint density at radius 3 is 2.63 bits per heavy atom. The molecule has 0 aliphatic heterocycles. The van der Waals surface area contributed by atoms with Crippen molar-refractivity contribution in [2.45, 2.75) is 38.1 Å². The summed E-state index contributed by atoms with van der Waals surface area (Å²) in [4.78, 5) is 35.1. The molecule has 1 aromatic carbocycles. The van der Waals surface area contributed by atoms with Crippen LogP contribution in [0, 0.1) is 11.7 Å². The van der Waals surface area contributed by atoms with Gasteiger partial charge in [0.1, 0.15) is 0 Å². The standard InChI is InChI=1S/C25H28ClFN6O4S/c1-33-13-22(29-15-33)18-10-20(24(27)21(26)11-18)25(35)31-32-38(36,37)14-16-4-6-19(7-5-16)30-23(34)9-17-3-2-8-28-12-17/h2-3,8,10-13,15-16,19,32H,4-7,9,14H2,1H3,(H,30,34)(H,31,35). The molecule has 202 valence electrons. The molecule has 2 amide bonds. The van der Waals surface area contributed by atoms with E-state index in [9.17, 15) is 22.4 Å². The van der Waals surface area contributed by atoms with Crippen molar-refractivity contribution in [3.8, 4) is 11.3 Å². The molecule has 13 heteroatoms. The van der Waals surface area contributed by atoms with Crippen LogP contribution in [0.1, 0.15) is 41.6 Å². The number of hydrogen-bond donors (Lipinski definition) is 3. The van der Waals surface area contributed by atoms with Crippen LogP contribution >= 0.6 is 11.6 Å². The van der Waals surface area contributed by atoms with Gasteiger partial charge in [-0.15, -0.1) is 4.83 Å². The molecule has 2 heterocycles. The average molecular weight is 563 g/mol. The Kier molecular flexibility index (Phi) is 8.75. The summed E-state index contributed by atoms with van der Waals surface area (Å²) in [6.45, 7) is 0. The van der Waals surface area contributed by atoms with E-state index >= 15 is 0 Å². The lowest BCUT2D eigenvalue weighted by Crippen LogP contribution is -2.45. The molecule has 38 heavy (non-hydrogen) atoms. The van der Waals surface area contributed by atoms with Crippen LogP contribution in [0.2, 0.25) is 5.02 Å². The maximum absolute atomic E-state index is 14.6. The van der Waals surface area contributed by atoms with E-state index in [0.717, 1.165) is 5.56 Å². The van der Waals surface area contributed by atoms with Crippen LogP contribution in [0.15, 0.2) is 49.2 Å². The van der Waals surface area contributed by atoms with Gasteiger partial charge in [-0.25, -0.2) is 17.8 Å². The number of benzene rings is 1. The second-order valence-electron chi connectivity index (χ2n) is 9.40. The number of carbonyl (C=O) groups is 2. The van der Waals surface area contributed by atoms with Gasteiger partial charge in [0.15, 0.2) is 5.82 Å². The molecule has 0 atom stereocenters. The van der Waals surface area contributed by atoms with Gasteiger partial charge in [-0.05, 0) is 55.4 Å². The number of hydrazine groups is 1. The SMILES string of the molecule is Cn1cnc(-c2cc(Cl)c(F)c(C(=O)NNS(=O)(=O)CC3CCC(NC(=O)Cc4cccnc4)CC3)c2)c1. The highest BCUT2D eigenvalue weighted by atomic mass is 35.5. The summed E-state index contributed by atoms with van der Waals surface area (Å²) in [5, 5.41) is 2.71. The van der Waals surface area contributed by atoms with Crippen LogP contribution in [0.25, 0.3) is 11.3 Å². The van der Waals surface area contributed by atoms with Gasteiger partial charge in [0, 0.05) is 37.2 Å². The third-order valence-electron chi connectivity index (χ3n) is 6.35. The molecule has 0 spiro atoms. The Bertz CT molecular complexity index is 1410. The number of carbonyl (C=O) groups excluding carboxylic acids is 2. The Labute approximate surface area is 225 Å². The van der Waals surface area contributed by atoms with Crippen molar-refractivity contribution in [2.24, 2.45) is 13.0 Å². The molecule has 0 unspecified atom stereocenters. The second-order valence-corrected chi connectivity index (χ2v) is 11.6. The fourth-order valence-electron chi connectivity index (χ4n) is 4.45. The van der Waals surface area contributed by atoms with E-state index in [-0.39, 0.29) is 35.1 Å². The number of halogens is 2. The molecule has 0 radical (unpaired) electrons. The predicted molar refractivity (Wildman–Crippen MR) is 140 cm³/mol. The van der Waals surface area contributed by atoms with E-state index in [1.807, 2.05) is 6.07 Å². The smallest absolute Gasteiger partial charge is 0.269 e. The molecule has 0 saturated heterocycles. The number of nitrogens with one attached hydrogen (secondary N) is 3. The molecule has 1 aliphatic rings. The van der Waals surface area contributed by atoms with E-state index < -0.39 is 27.3 Å². The van der Waals surface area contributed by atoms with Gasteiger partial charge in [0.25, 0.3) is 5.91 Å². The minimum absolute atomic E-state index is 0.0232. The van der Waals surface area contributed by atoms with Gasteiger partial charge in [-0.2, -0.15) is 0 Å². The summed E-state index contributed by atoms with van der Waals surface area (Å²) in [5.74, 6) is -2.40. The number of rotatable bonds is 9. The van der Waals surface area contributed by atoms with Gasteiger partial charge in [0.05, 0.1) is 34.8 Å². The summed E-state index contributed by atoms with van der Waals surface area (Å²) < 4.78 is 41.5. The van der Waals surface area contributed by atoms with Crippen LogP contribution in [0.4, 0.5) is 4.39 Å². The van der Waals surface area contributed by atoms with E-state index in [0.29, 0.717) is 36.9 Å². The predicted octanol–water partition coefficient (Wildman–Crippen LogP) is 2.76. The summed E-state index contributed by atoms with van der Waals surface area (Å²) in [5.41, 5.74) is 3.38. The largest absolute Gasteiger partial charge is 0.353 e. The topological polar surface area (TPSA) is 135 Å². The molecule has 4 rings (SSSR count). The van der Waals surface area contributed by atoms with E-state index in [4.69, 9.17) is 11.6 Å². The van der Waals surface area contributed by atoms with Crippen molar-refractivity contribution in [1.29, 1.82) is 0 Å². The third-order valence-corrected chi connectivity index (χ3v) is 7.95. The lowest BCUT2D eigenvalue weighted by atomic mass is 9.87. The van der Waals surface area contributed by atoms with E-state index in [1.54, 1.807) is 42.6 Å². The van der Waals surface area contributed by atoms with E-state index in [1.165, 1.54) is 12.1 Å². The van der Waals surface area contributed by atoms with Crippen molar-refractivity contribution in [3.05, 3.63) is 71.2 Å². The van der Waals surface area contributed by atoms with Crippen molar-refractivity contribution in [2.75, 3.05) is 5.75 Å². The average Bonchev–Trinajstić information content (AvgIpc) is 3.32. The quantitative estimate of drug-likeness (QED) is 0.343. The summed E-state index contributed by atoms with van der Waals surface area (Å²) in [6, 6.07) is 6.19. The first-order chi connectivity index (χ1) is 18.1. The first kappa shape index (κ1) is 27.7. The van der Waals surface area contributed by atoms with Crippen molar-refractivity contribution < 1.29 is 22.4 Å². The number of pyridine rings is 1. The lowest BCUT2D eigenvalue weighted by Gasteiger charge is -2.29. The summed E-state index contributed by atoms with van der Waals surface area (Å²) >= 11 is 5.97. The molecular weight excluding hydrogens is 535 g/mol. The first-order valence-corrected chi connectivity index (χ1v) is 14.1. The molecule has 2 aromatic heterocycles. The Morgan fingerprint density at radius 1 is 1.21 bits per heavy atom. The normalized spacial score (nSPS) is 17.7. The van der Waals surface area contributed by atoms with Crippen LogP contribution in [0.3, 0.4) is 0 Å². The highest BCUT2D eigenvalue weighted by Crippen LogP contribution is 2.27. The zero-order chi connectivity index (χ0) is 27.3. The van der Waals surface area contributed by atoms with Crippen LogP contribution in [-0.4, -0.2) is 46.6 Å². The fraction of sp³-hybridized carbons (Fsp3) is 0.360. The minimum atomic E-state index is -3.89. The highest BCUT2D eigenvalue weighted by molar-refractivity contribution is 7.89. The monoisotopic (exact) mass is 562 g/mol. The summed E-state index contributed by atoms with van der Waals surface area (Å²) in [6.07, 6.45) is 9.25. The van der Waals surface area contributed by atoms with Crippen molar-refractivity contribution in [1.82, 2.24) is 30.1 Å². The van der Waals surface area contributed by atoms with Crippen LogP contribution in [0.5, 0.6) is 0 Å². The summed E-state index contributed by atoms with van der Waals surface area (Å²) in [7, 11) is -2.13. The number of hydrogen-bond acceptors (Lipinski definition) is 6. The minimum Gasteiger partial charge on any atom is -0.353 e. The fourth-order valence-corrected chi connectivity index (χ4v) is 5.95. The van der Waals surface area contributed by atoms with Crippen LogP contribution < -0.4 is 15.6 Å². The van der Waals surface area contributed by atoms with Crippen molar-refractivity contribution in [3.63, 3.8) is 0 Å². The highest BCUT2D eigenvalue weighted by Gasteiger charge is 2.27. The number of aryl methyl sites for hydroxylation is 1. The van der Waals surface area contributed by atoms with Crippen LogP contribution in [-0.2, 0) is 28.3 Å². The molecule has 3 N–H and O–H groups in total. The number of nitrogens with zero attached hydrogens (tertiary/aromatic N) is 3. The first-order valence-electron chi connectivity index (χ1n) is 12.0. The lowest BCUT2D eigenvalue weighted by molar-refractivity contribution is -0.121. The number of amides is 2. The molecular formula is C25H28ClFN6O4S. The molecule has 10 nitrogen and oxygen atoms in total. The number of imidazole rings is 1. The Hall–Kier alpha value is -3.35. The van der Waals surface area contributed by atoms with Gasteiger partial charge >= 0.3 is 0 Å². The zero-order valence-electron chi connectivity index (χ0n) is 20.7. The van der Waals surface area contributed by atoms with Gasteiger partial charge in [0.2, 0.25) is 15.9 Å². The van der Waals surface area contributed by atoms with Gasteiger partial charge in [-0.1, -0.05) is 17.7 Å². The Morgan fingerprint density at radius 2 is 1.97 bits per heavy atom. The van der Waals surface area contributed by atoms with Crippen molar-refractivity contribution >= 4 is 33.4 Å². The molecule has 3 aromatic rings. The second kappa shape index (κ2) is 12.0. The maximum atomic E-state index is 14.6. The Balaban J connectivity index is 1.27. The molecule has 0 bridgehead atoms. The molecule has 1 aliphatic carbocycles. The molecule has 1 fully saturated rings. The number of sulfonamides is 1. The van der Waals surface area contributed by atoms with Gasteiger partial charge in [-0.3, -0.25) is 20.0 Å².